The third-order valence-corrected chi connectivity index (χ3v) is 4.90. The molecule has 1 aliphatic rings. The number of hydrogen-bond acceptors (Lipinski definition) is 3. The van der Waals surface area contributed by atoms with Crippen LogP contribution in [0, 0.1) is 12.8 Å². The van der Waals surface area contributed by atoms with E-state index >= 15 is 0 Å². The predicted octanol–water partition coefficient (Wildman–Crippen LogP) is 2.71. The molecule has 0 saturated carbocycles. The fraction of sp³-hybridized carbons (Fsp3) is 0.647. The first kappa shape index (κ1) is 15.3. The van der Waals surface area contributed by atoms with Gasteiger partial charge in [-0.1, -0.05) is 6.92 Å². The first-order valence-electron chi connectivity index (χ1n) is 8.29. The van der Waals surface area contributed by atoms with E-state index in [4.69, 9.17) is 0 Å². The topological polar surface area (TPSA) is 38.9 Å². The van der Waals surface area contributed by atoms with Crippen molar-refractivity contribution in [3.63, 3.8) is 0 Å². The van der Waals surface area contributed by atoms with Crippen molar-refractivity contribution < 1.29 is 0 Å². The lowest BCUT2D eigenvalue weighted by Crippen LogP contribution is -2.41. The van der Waals surface area contributed by atoms with Crippen LogP contribution in [0.4, 0.5) is 0 Å². The lowest BCUT2D eigenvalue weighted by Gasteiger charge is -2.35. The molecule has 3 heterocycles. The van der Waals surface area contributed by atoms with Gasteiger partial charge in [-0.05, 0) is 45.7 Å². The molecular formula is C17H27N5. The molecule has 5 nitrogen and oxygen atoms in total. The minimum Gasteiger partial charge on any atom is -0.329 e. The molecule has 1 fully saturated rings. The van der Waals surface area contributed by atoms with Crippen molar-refractivity contribution in [1.29, 1.82) is 0 Å². The normalized spacial score (nSPS) is 18.7. The Labute approximate surface area is 133 Å². The highest BCUT2D eigenvalue weighted by atomic mass is 15.3. The molecule has 1 unspecified atom stereocenters. The quantitative estimate of drug-likeness (QED) is 0.871. The standard InChI is InChI=1S/C17H27N5/c1-13-5-7-21(8-6-13)14(2)10-22-12-18-9-17(22)16-11-20(4)19-15(16)3/h9,11-14H,5-8,10H2,1-4H3. The van der Waals surface area contributed by atoms with Crippen LogP contribution >= 0.6 is 0 Å². The number of nitrogens with zero attached hydrogens (tertiary/aromatic N) is 5. The molecule has 2 aromatic rings. The van der Waals surface area contributed by atoms with Gasteiger partial charge < -0.3 is 4.57 Å². The lowest BCUT2D eigenvalue weighted by atomic mass is 9.98. The highest BCUT2D eigenvalue weighted by Crippen LogP contribution is 2.24. The summed E-state index contributed by atoms with van der Waals surface area (Å²) < 4.78 is 4.14. The molecular weight excluding hydrogens is 274 g/mol. The van der Waals surface area contributed by atoms with Gasteiger partial charge in [0.15, 0.2) is 0 Å². The maximum absolute atomic E-state index is 4.45. The highest BCUT2D eigenvalue weighted by molar-refractivity contribution is 5.60. The zero-order chi connectivity index (χ0) is 15.7. The van der Waals surface area contributed by atoms with E-state index in [1.54, 1.807) is 0 Å². The third-order valence-electron chi connectivity index (χ3n) is 4.90. The van der Waals surface area contributed by atoms with Crippen molar-refractivity contribution in [2.24, 2.45) is 13.0 Å². The lowest BCUT2D eigenvalue weighted by molar-refractivity contribution is 0.135. The monoisotopic (exact) mass is 301 g/mol. The molecule has 0 aromatic carbocycles. The number of imidazole rings is 1. The second-order valence-corrected chi connectivity index (χ2v) is 6.80. The van der Waals surface area contributed by atoms with E-state index in [1.807, 2.05) is 24.3 Å². The molecule has 0 N–H and O–H groups in total. The van der Waals surface area contributed by atoms with E-state index in [1.165, 1.54) is 37.2 Å². The van der Waals surface area contributed by atoms with E-state index in [-0.39, 0.29) is 0 Å². The zero-order valence-electron chi connectivity index (χ0n) is 14.2. The van der Waals surface area contributed by atoms with Crippen molar-refractivity contribution >= 4 is 0 Å². The summed E-state index contributed by atoms with van der Waals surface area (Å²) in [5, 5.41) is 4.45. The number of rotatable bonds is 4. The Morgan fingerprint density at radius 1 is 1.32 bits per heavy atom. The molecule has 5 heteroatoms. The molecule has 0 spiro atoms. The summed E-state index contributed by atoms with van der Waals surface area (Å²) in [6, 6.07) is 0.539. The highest BCUT2D eigenvalue weighted by Gasteiger charge is 2.21. The fourth-order valence-corrected chi connectivity index (χ4v) is 3.41. The van der Waals surface area contributed by atoms with Crippen molar-refractivity contribution in [2.45, 2.75) is 46.2 Å². The molecule has 0 bridgehead atoms. The average Bonchev–Trinajstić information content (AvgIpc) is 3.05. The first-order valence-corrected chi connectivity index (χ1v) is 8.29. The van der Waals surface area contributed by atoms with Gasteiger partial charge in [0.05, 0.1) is 23.9 Å². The molecule has 0 aliphatic carbocycles. The van der Waals surface area contributed by atoms with Crippen molar-refractivity contribution in [3.8, 4) is 11.3 Å². The summed E-state index contributed by atoms with van der Waals surface area (Å²) in [5.41, 5.74) is 3.41. The largest absolute Gasteiger partial charge is 0.329 e. The Morgan fingerprint density at radius 3 is 2.68 bits per heavy atom. The molecule has 0 amide bonds. The number of piperidine rings is 1. The third kappa shape index (κ3) is 3.09. The van der Waals surface area contributed by atoms with Gasteiger partial charge in [0.25, 0.3) is 0 Å². The maximum Gasteiger partial charge on any atom is 0.0951 e. The van der Waals surface area contributed by atoms with Gasteiger partial charge in [-0.3, -0.25) is 9.58 Å². The Bertz CT molecular complexity index is 619. The molecule has 3 rings (SSSR count). The average molecular weight is 301 g/mol. The van der Waals surface area contributed by atoms with Crippen LogP contribution in [-0.2, 0) is 13.6 Å². The van der Waals surface area contributed by atoms with Crippen molar-refractivity contribution in [1.82, 2.24) is 24.2 Å². The SMILES string of the molecule is Cc1nn(C)cc1-c1cncn1CC(C)N1CCC(C)CC1. The summed E-state index contributed by atoms with van der Waals surface area (Å²) >= 11 is 0. The van der Waals surface area contributed by atoms with E-state index in [2.05, 4.69) is 46.5 Å². The van der Waals surface area contributed by atoms with Gasteiger partial charge in [0.2, 0.25) is 0 Å². The van der Waals surface area contributed by atoms with E-state index in [9.17, 15) is 0 Å². The summed E-state index contributed by atoms with van der Waals surface area (Å²) in [7, 11) is 1.97. The summed E-state index contributed by atoms with van der Waals surface area (Å²) in [4.78, 5) is 6.98. The molecule has 1 atom stereocenters. The summed E-state index contributed by atoms with van der Waals surface area (Å²) in [6.07, 6.45) is 8.63. The first-order chi connectivity index (χ1) is 10.5. The minimum absolute atomic E-state index is 0.539. The zero-order valence-corrected chi connectivity index (χ0v) is 14.2. The molecule has 1 saturated heterocycles. The van der Waals surface area contributed by atoms with Crippen LogP contribution in [0.3, 0.4) is 0 Å². The summed E-state index contributed by atoms with van der Waals surface area (Å²) in [5.74, 6) is 0.880. The molecule has 120 valence electrons. The number of aryl methyl sites for hydroxylation is 2. The van der Waals surface area contributed by atoms with Crippen LogP contribution in [0.2, 0.25) is 0 Å². The van der Waals surface area contributed by atoms with E-state index in [0.717, 1.165) is 18.2 Å². The van der Waals surface area contributed by atoms with Crippen LogP contribution in [0.15, 0.2) is 18.7 Å². The van der Waals surface area contributed by atoms with Crippen LogP contribution in [0.25, 0.3) is 11.3 Å². The number of likely N-dealkylation sites (tertiary alicyclic amines) is 1. The Kier molecular flexibility index (Phi) is 4.34. The predicted molar refractivity (Wildman–Crippen MR) is 88.6 cm³/mol. The van der Waals surface area contributed by atoms with Gasteiger partial charge in [-0.25, -0.2) is 4.98 Å². The Balaban J connectivity index is 1.74. The van der Waals surface area contributed by atoms with Crippen molar-refractivity contribution in [2.75, 3.05) is 13.1 Å². The Hall–Kier alpha value is -1.62. The van der Waals surface area contributed by atoms with Crippen LogP contribution in [-0.4, -0.2) is 43.4 Å². The second-order valence-electron chi connectivity index (χ2n) is 6.80. The van der Waals surface area contributed by atoms with Crippen LogP contribution in [0.5, 0.6) is 0 Å². The van der Waals surface area contributed by atoms with Gasteiger partial charge in [0, 0.05) is 31.4 Å². The molecule has 22 heavy (non-hydrogen) atoms. The van der Waals surface area contributed by atoms with Crippen LogP contribution in [0.1, 0.15) is 32.4 Å². The van der Waals surface area contributed by atoms with Crippen LogP contribution < -0.4 is 0 Å². The van der Waals surface area contributed by atoms with E-state index in [0.29, 0.717) is 6.04 Å². The van der Waals surface area contributed by atoms with Gasteiger partial charge in [0.1, 0.15) is 0 Å². The minimum atomic E-state index is 0.539. The maximum atomic E-state index is 4.45. The molecule has 1 aliphatic heterocycles. The van der Waals surface area contributed by atoms with Crippen molar-refractivity contribution in [3.05, 3.63) is 24.4 Å². The van der Waals surface area contributed by atoms with Gasteiger partial charge in [-0.2, -0.15) is 5.10 Å². The molecule has 0 radical (unpaired) electrons. The smallest absolute Gasteiger partial charge is 0.0951 e. The number of aromatic nitrogens is 4. The van der Waals surface area contributed by atoms with Gasteiger partial charge >= 0.3 is 0 Å². The number of hydrogen-bond donors (Lipinski definition) is 0. The van der Waals surface area contributed by atoms with Gasteiger partial charge in [-0.15, -0.1) is 0 Å². The molecule has 2 aromatic heterocycles. The van der Waals surface area contributed by atoms with E-state index < -0.39 is 0 Å². The second kappa shape index (κ2) is 6.24. The summed E-state index contributed by atoms with van der Waals surface area (Å²) in [6.45, 7) is 10.2. The fourth-order valence-electron chi connectivity index (χ4n) is 3.41. The Morgan fingerprint density at radius 2 is 2.05 bits per heavy atom.